The Morgan fingerprint density at radius 2 is 1.88 bits per heavy atom. The molecule has 0 aliphatic carbocycles. The summed E-state index contributed by atoms with van der Waals surface area (Å²) >= 11 is 0. The van der Waals surface area contributed by atoms with Gasteiger partial charge in [-0.25, -0.2) is 5.11 Å². The highest BCUT2D eigenvalue weighted by Gasteiger charge is 1.60. The summed E-state index contributed by atoms with van der Waals surface area (Å²) in [6, 6.07) is 0. The average Bonchev–Trinajstić information content (AvgIpc) is 1.71. The molecule has 0 amide bonds. The molecule has 0 N–H and O–H groups in total. The van der Waals surface area contributed by atoms with Crippen molar-refractivity contribution in [1.82, 2.24) is 0 Å². The van der Waals surface area contributed by atoms with Crippen LogP contribution in [0, 0.1) is 0 Å². The third-order valence-corrected chi connectivity index (χ3v) is 0.235. The van der Waals surface area contributed by atoms with E-state index in [4.69, 9.17) is 5.11 Å². The zero-order valence-corrected chi connectivity index (χ0v) is 5.22. The zero-order chi connectivity index (χ0) is 6.83. The van der Waals surface area contributed by atoms with Crippen molar-refractivity contribution < 1.29 is 14.6 Å². The van der Waals surface area contributed by atoms with Crippen LogP contribution >= 0.6 is 0 Å². The SMILES string of the molecule is CCOC=O.CC[O]. The van der Waals surface area contributed by atoms with E-state index in [-0.39, 0.29) is 6.61 Å². The van der Waals surface area contributed by atoms with E-state index in [1.807, 2.05) is 0 Å². The fourth-order valence-electron chi connectivity index (χ4n) is 0.0680. The number of ether oxygens (including phenoxy) is 1. The molecule has 3 nitrogen and oxygen atoms in total. The first kappa shape index (κ1) is 10.4. The summed E-state index contributed by atoms with van der Waals surface area (Å²) in [5, 5.41) is 8.93. The van der Waals surface area contributed by atoms with Gasteiger partial charge >= 0.3 is 0 Å². The van der Waals surface area contributed by atoms with E-state index in [2.05, 4.69) is 4.74 Å². The van der Waals surface area contributed by atoms with Crippen LogP contribution in [0.3, 0.4) is 0 Å². The first-order valence-corrected chi connectivity index (χ1v) is 2.46. The highest BCUT2D eigenvalue weighted by atomic mass is 16.5. The van der Waals surface area contributed by atoms with E-state index < -0.39 is 0 Å². The smallest absolute Gasteiger partial charge is 0.293 e. The number of carbonyl (C=O) groups excluding carboxylic acids is 1. The fourth-order valence-corrected chi connectivity index (χ4v) is 0.0680. The monoisotopic (exact) mass is 119 g/mol. The molecule has 0 heterocycles. The largest absolute Gasteiger partial charge is 0.468 e. The van der Waals surface area contributed by atoms with Crippen LogP contribution in [0.5, 0.6) is 0 Å². The van der Waals surface area contributed by atoms with Crippen LogP contribution in [0.4, 0.5) is 0 Å². The minimum Gasteiger partial charge on any atom is -0.468 e. The zero-order valence-electron chi connectivity index (χ0n) is 5.22. The third-order valence-electron chi connectivity index (χ3n) is 0.235. The Morgan fingerprint density at radius 3 is 1.88 bits per heavy atom. The summed E-state index contributed by atoms with van der Waals surface area (Å²) in [6.45, 7) is 4.23. The Bertz CT molecular complexity index is 36.7. The van der Waals surface area contributed by atoms with Crippen molar-refractivity contribution in [3.63, 3.8) is 0 Å². The number of carbonyl (C=O) groups is 1. The third kappa shape index (κ3) is 52.1. The molecule has 0 unspecified atom stereocenters. The molecule has 0 aromatic carbocycles. The molecule has 0 spiro atoms. The molecule has 0 saturated heterocycles. The molecule has 49 valence electrons. The second-order valence-electron chi connectivity index (χ2n) is 0.840. The number of hydrogen-bond acceptors (Lipinski definition) is 2. The van der Waals surface area contributed by atoms with Crippen molar-refractivity contribution >= 4 is 6.47 Å². The maximum atomic E-state index is 9.18. The van der Waals surface area contributed by atoms with Crippen molar-refractivity contribution in [3.8, 4) is 0 Å². The fraction of sp³-hybridized carbons (Fsp3) is 0.800. The van der Waals surface area contributed by atoms with Crippen molar-refractivity contribution in [3.05, 3.63) is 0 Å². The van der Waals surface area contributed by atoms with Crippen molar-refractivity contribution in [2.24, 2.45) is 0 Å². The Hall–Kier alpha value is -0.570. The molecule has 3 heteroatoms. The Morgan fingerprint density at radius 1 is 1.50 bits per heavy atom. The summed E-state index contributed by atoms with van der Waals surface area (Å²) in [6.07, 6.45) is 0. The first-order valence-electron chi connectivity index (χ1n) is 2.46. The van der Waals surface area contributed by atoms with Gasteiger partial charge in [-0.05, 0) is 13.8 Å². The second kappa shape index (κ2) is 16.1. The van der Waals surface area contributed by atoms with E-state index in [1.165, 1.54) is 0 Å². The lowest BCUT2D eigenvalue weighted by Crippen LogP contribution is -1.80. The Labute approximate surface area is 49.3 Å². The molecule has 1 radical (unpaired) electrons. The van der Waals surface area contributed by atoms with Gasteiger partial charge in [-0.2, -0.15) is 0 Å². The van der Waals surface area contributed by atoms with Gasteiger partial charge < -0.3 is 4.74 Å². The summed E-state index contributed by atoms with van der Waals surface area (Å²) < 4.78 is 4.15. The molecule has 0 bridgehead atoms. The molecule has 0 aromatic rings. The van der Waals surface area contributed by atoms with Gasteiger partial charge in [-0.15, -0.1) is 0 Å². The van der Waals surface area contributed by atoms with Gasteiger partial charge in [0.2, 0.25) is 0 Å². The molecule has 0 fully saturated rings. The minimum absolute atomic E-state index is 0. The molecular formula is C5H11O3. The van der Waals surface area contributed by atoms with Crippen LogP contribution in [-0.2, 0) is 14.6 Å². The first-order chi connectivity index (χ1) is 3.83. The van der Waals surface area contributed by atoms with Gasteiger partial charge in [-0.3, -0.25) is 4.79 Å². The minimum atomic E-state index is 0. The van der Waals surface area contributed by atoms with Gasteiger partial charge in [0.25, 0.3) is 6.47 Å². The lowest BCUT2D eigenvalue weighted by molar-refractivity contribution is -0.128. The number of rotatable bonds is 2. The maximum Gasteiger partial charge on any atom is 0.293 e. The maximum absolute atomic E-state index is 9.18. The summed E-state index contributed by atoms with van der Waals surface area (Å²) in [4.78, 5) is 9.18. The van der Waals surface area contributed by atoms with Gasteiger partial charge in [0.15, 0.2) is 0 Å². The van der Waals surface area contributed by atoms with E-state index in [0.29, 0.717) is 13.1 Å². The molecule has 0 saturated carbocycles. The van der Waals surface area contributed by atoms with Crippen molar-refractivity contribution in [2.45, 2.75) is 13.8 Å². The molecule has 8 heavy (non-hydrogen) atoms. The highest BCUT2D eigenvalue weighted by Crippen LogP contribution is 1.55. The van der Waals surface area contributed by atoms with E-state index >= 15 is 0 Å². The summed E-state index contributed by atoms with van der Waals surface area (Å²) in [5.41, 5.74) is 0. The average molecular weight is 119 g/mol. The Kier molecular flexibility index (Phi) is 21.0. The number of hydrogen-bond donors (Lipinski definition) is 0. The quantitative estimate of drug-likeness (QED) is 0.500. The van der Waals surface area contributed by atoms with Crippen molar-refractivity contribution in [2.75, 3.05) is 13.2 Å². The van der Waals surface area contributed by atoms with Crippen LogP contribution in [0.15, 0.2) is 0 Å². The van der Waals surface area contributed by atoms with E-state index in [9.17, 15) is 4.79 Å². The molecule has 0 atom stereocenters. The highest BCUT2D eigenvalue weighted by molar-refractivity contribution is 5.36. The summed E-state index contributed by atoms with van der Waals surface area (Å²) in [7, 11) is 0. The van der Waals surface area contributed by atoms with Crippen LogP contribution in [0.1, 0.15) is 13.8 Å². The van der Waals surface area contributed by atoms with Gasteiger partial charge in [-0.1, -0.05) is 0 Å². The van der Waals surface area contributed by atoms with Crippen molar-refractivity contribution in [1.29, 1.82) is 0 Å². The van der Waals surface area contributed by atoms with Gasteiger partial charge in [0, 0.05) is 0 Å². The van der Waals surface area contributed by atoms with Gasteiger partial charge in [0.1, 0.15) is 0 Å². The van der Waals surface area contributed by atoms with E-state index in [1.54, 1.807) is 13.8 Å². The summed E-state index contributed by atoms with van der Waals surface area (Å²) in [5.74, 6) is 0. The topological polar surface area (TPSA) is 46.2 Å². The normalized spacial score (nSPS) is 6.38. The molecule has 0 rings (SSSR count). The lowest BCUT2D eigenvalue weighted by atomic mass is 10.9. The lowest BCUT2D eigenvalue weighted by Gasteiger charge is -1.79. The predicted molar refractivity (Wildman–Crippen MR) is 28.9 cm³/mol. The molecule has 0 aliphatic heterocycles. The van der Waals surface area contributed by atoms with Crippen LogP contribution in [0.2, 0.25) is 0 Å². The van der Waals surface area contributed by atoms with E-state index in [0.717, 1.165) is 0 Å². The van der Waals surface area contributed by atoms with Crippen LogP contribution in [-0.4, -0.2) is 19.7 Å². The molecular weight excluding hydrogens is 108 g/mol. The van der Waals surface area contributed by atoms with Crippen LogP contribution in [0.25, 0.3) is 0 Å². The van der Waals surface area contributed by atoms with Gasteiger partial charge in [0.05, 0.1) is 13.2 Å². The molecule has 0 aliphatic rings. The standard InChI is InChI=1S/C3H6O2.C2H5O/c1-2-5-3-4;1-2-3/h3H,2H2,1H3;2H2,1H3. The van der Waals surface area contributed by atoms with Crippen LogP contribution < -0.4 is 0 Å². The Balaban J connectivity index is 0. The second-order valence-corrected chi connectivity index (χ2v) is 0.840. The molecule has 0 aromatic heterocycles. The predicted octanol–water partition coefficient (Wildman–Crippen LogP) is 0.616.